The summed E-state index contributed by atoms with van der Waals surface area (Å²) in [5.74, 6) is 2.06. The quantitative estimate of drug-likeness (QED) is 0.0529. The molecular formula is C54H66O6. The lowest BCUT2D eigenvalue weighted by Gasteiger charge is -2.45. The highest BCUT2D eigenvalue weighted by Gasteiger charge is 2.53. The fourth-order valence-electron chi connectivity index (χ4n) is 8.34. The van der Waals surface area contributed by atoms with E-state index in [0.717, 1.165) is 39.1 Å². The molecule has 6 heteroatoms. The van der Waals surface area contributed by atoms with E-state index in [1.165, 1.54) is 5.56 Å². The van der Waals surface area contributed by atoms with E-state index in [2.05, 4.69) is 102 Å². The first kappa shape index (κ1) is 45.7. The van der Waals surface area contributed by atoms with Crippen LogP contribution in [-0.4, -0.2) is 24.6 Å². The van der Waals surface area contributed by atoms with Gasteiger partial charge in [-0.2, -0.15) is 0 Å². The molecule has 60 heavy (non-hydrogen) atoms. The first-order chi connectivity index (χ1) is 28.3. The van der Waals surface area contributed by atoms with Crippen LogP contribution in [0.5, 0.6) is 23.0 Å². The summed E-state index contributed by atoms with van der Waals surface area (Å²) in [6.45, 7) is 24.6. The zero-order valence-electron chi connectivity index (χ0n) is 38.2. The van der Waals surface area contributed by atoms with Gasteiger partial charge in [0.1, 0.15) is 34.0 Å². The zero-order valence-corrected chi connectivity index (χ0v) is 38.2. The lowest BCUT2D eigenvalue weighted by molar-refractivity contribution is -0.162. The topological polar surface area (TPSA) is 71.1 Å². The standard InChI is InChI=1S/C54H66O6/c1-14-50(7,8)48(55)58-44-29-23-40(24-30-44)53(12,39-21-19-18-20-22-39)41-25-31-45(32-26-41)60-54(16-3,17-4)52(11,15-2)49(56)59-47-34-28-43(36-38(47)6)51(9,10)42-27-33-46(57-13)37(5)35-42/h18-36H,14-17H2,1-13H3. The number of carbonyl (C=O) groups is 2. The number of benzene rings is 5. The van der Waals surface area contributed by atoms with E-state index in [1.54, 1.807) is 7.11 Å². The number of esters is 2. The number of rotatable bonds is 17. The van der Waals surface area contributed by atoms with Crippen molar-refractivity contribution < 1.29 is 28.5 Å². The van der Waals surface area contributed by atoms with E-state index in [4.69, 9.17) is 18.9 Å². The van der Waals surface area contributed by atoms with E-state index in [1.807, 2.05) is 96.1 Å². The Bertz CT molecular complexity index is 2250. The second-order valence-corrected chi connectivity index (χ2v) is 17.8. The van der Waals surface area contributed by atoms with Crippen molar-refractivity contribution in [3.05, 3.63) is 154 Å². The molecule has 0 aromatic heterocycles. The van der Waals surface area contributed by atoms with Crippen LogP contribution in [0, 0.1) is 24.7 Å². The third-order valence-corrected chi connectivity index (χ3v) is 13.7. The van der Waals surface area contributed by atoms with Crippen molar-refractivity contribution in [3.8, 4) is 23.0 Å². The highest BCUT2D eigenvalue weighted by Crippen LogP contribution is 2.46. The van der Waals surface area contributed by atoms with Crippen molar-refractivity contribution in [2.75, 3.05) is 7.11 Å². The summed E-state index contributed by atoms with van der Waals surface area (Å²) in [5.41, 5.74) is 4.35. The Morgan fingerprint density at radius 3 is 1.42 bits per heavy atom. The monoisotopic (exact) mass is 810 g/mol. The van der Waals surface area contributed by atoms with Gasteiger partial charge in [-0.1, -0.05) is 120 Å². The minimum absolute atomic E-state index is 0.244. The number of ether oxygens (including phenoxy) is 4. The summed E-state index contributed by atoms with van der Waals surface area (Å²) in [4.78, 5) is 27.3. The largest absolute Gasteiger partial charge is 0.496 e. The molecule has 2 unspecified atom stereocenters. The molecule has 0 fully saturated rings. The maximum atomic E-state index is 14.5. The van der Waals surface area contributed by atoms with Crippen LogP contribution in [0.2, 0.25) is 0 Å². The van der Waals surface area contributed by atoms with E-state index in [-0.39, 0.29) is 17.4 Å². The number of aryl methyl sites for hydroxylation is 2. The van der Waals surface area contributed by atoms with Crippen LogP contribution >= 0.6 is 0 Å². The summed E-state index contributed by atoms with van der Waals surface area (Å²) < 4.78 is 24.6. The van der Waals surface area contributed by atoms with Crippen LogP contribution in [0.4, 0.5) is 0 Å². The molecule has 0 aliphatic rings. The van der Waals surface area contributed by atoms with Crippen molar-refractivity contribution >= 4 is 11.9 Å². The molecule has 0 spiro atoms. The third-order valence-electron chi connectivity index (χ3n) is 13.7. The molecule has 0 aliphatic carbocycles. The van der Waals surface area contributed by atoms with Crippen molar-refractivity contribution in [2.24, 2.45) is 10.8 Å². The molecule has 0 heterocycles. The lowest BCUT2D eigenvalue weighted by atomic mass is 9.68. The van der Waals surface area contributed by atoms with Crippen LogP contribution in [0.25, 0.3) is 0 Å². The maximum Gasteiger partial charge on any atom is 0.321 e. The van der Waals surface area contributed by atoms with Gasteiger partial charge in [-0.15, -0.1) is 0 Å². The van der Waals surface area contributed by atoms with Crippen molar-refractivity contribution in [1.29, 1.82) is 0 Å². The average molecular weight is 811 g/mol. The molecule has 0 N–H and O–H groups in total. The summed E-state index contributed by atoms with van der Waals surface area (Å²) in [5, 5.41) is 0. The molecule has 6 nitrogen and oxygen atoms in total. The van der Waals surface area contributed by atoms with E-state index >= 15 is 0 Å². The van der Waals surface area contributed by atoms with Crippen LogP contribution in [0.15, 0.2) is 115 Å². The van der Waals surface area contributed by atoms with Gasteiger partial charge in [-0.05, 0) is 143 Å². The van der Waals surface area contributed by atoms with Crippen LogP contribution in [-0.2, 0) is 20.4 Å². The molecule has 5 aromatic rings. The van der Waals surface area contributed by atoms with Crippen LogP contribution in [0.1, 0.15) is 134 Å². The van der Waals surface area contributed by atoms with Gasteiger partial charge >= 0.3 is 11.9 Å². The molecule has 0 bridgehead atoms. The molecule has 2 atom stereocenters. The number of hydrogen-bond acceptors (Lipinski definition) is 6. The van der Waals surface area contributed by atoms with Crippen LogP contribution in [0.3, 0.4) is 0 Å². The van der Waals surface area contributed by atoms with Gasteiger partial charge in [0.2, 0.25) is 0 Å². The second-order valence-electron chi connectivity index (χ2n) is 17.8. The predicted molar refractivity (Wildman–Crippen MR) is 244 cm³/mol. The highest BCUT2D eigenvalue weighted by atomic mass is 16.5. The van der Waals surface area contributed by atoms with E-state index < -0.39 is 21.8 Å². The Morgan fingerprint density at radius 2 is 0.967 bits per heavy atom. The van der Waals surface area contributed by atoms with Crippen molar-refractivity contribution in [1.82, 2.24) is 0 Å². The second kappa shape index (κ2) is 18.1. The Hall–Kier alpha value is -5.36. The molecule has 0 radical (unpaired) electrons. The third kappa shape index (κ3) is 8.75. The average Bonchev–Trinajstić information content (AvgIpc) is 3.26. The van der Waals surface area contributed by atoms with Gasteiger partial charge in [-0.3, -0.25) is 9.59 Å². The predicted octanol–water partition coefficient (Wildman–Crippen LogP) is 13.3. The van der Waals surface area contributed by atoms with E-state index in [9.17, 15) is 9.59 Å². The Kier molecular flexibility index (Phi) is 13.8. The fourth-order valence-corrected chi connectivity index (χ4v) is 8.34. The van der Waals surface area contributed by atoms with Gasteiger partial charge < -0.3 is 18.9 Å². The smallest absolute Gasteiger partial charge is 0.321 e. The summed E-state index contributed by atoms with van der Waals surface area (Å²) in [6, 6.07) is 38.9. The van der Waals surface area contributed by atoms with Crippen molar-refractivity contribution in [3.63, 3.8) is 0 Å². The normalized spacial score (nSPS) is 14.1. The van der Waals surface area contributed by atoms with Gasteiger partial charge in [0, 0.05) is 10.8 Å². The number of hydrogen-bond donors (Lipinski definition) is 0. The Balaban J connectivity index is 1.41. The molecule has 0 saturated carbocycles. The molecule has 0 aliphatic heterocycles. The molecule has 0 amide bonds. The Labute approximate surface area is 359 Å². The van der Waals surface area contributed by atoms with Gasteiger partial charge in [0.15, 0.2) is 0 Å². The zero-order chi connectivity index (χ0) is 44.1. The van der Waals surface area contributed by atoms with Crippen molar-refractivity contribution in [2.45, 2.75) is 125 Å². The first-order valence-corrected chi connectivity index (χ1v) is 21.5. The van der Waals surface area contributed by atoms with Crippen LogP contribution < -0.4 is 18.9 Å². The van der Waals surface area contributed by atoms with Gasteiger partial charge in [-0.25, -0.2) is 0 Å². The lowest BCUT2D eigenvalue weighted by Crippen LogP contribution is -2.56. The first-order valence-electron chi connectivity index (χ1n) is 21.5. The summed E-state index contributed by atoms with van der Waals surface area (Å²) >= 11 is 0. The molecule has 318 valence electrons. The number of methoxy groups -OCH3 is 1. The maximum absolute atomic E-state index is 14.5. The molecule has 5 rings (SSSR count). The SMILES string of the molecule is CCC(C)(C)C(=O)Oc1ccc(C(C)(c2ccccc2)c2ccc(OC(CC)(CC)C(C)(CC)C(=O)Oc3ccc(C(C)(C)c4ccc(OC)c(C)c4)cc3C)cc2)cc1. The summed E-state index contributed by atoms with van der Waals surface area (Å²) in [6.07, 6.45) is 2.42. The minimum atomic E-state index is -0.962. The van der Waals surface area contributed by atoms with E-state index in [0.29, 0.717) is 42.9 Å². The highest BCUT2D eigenvalue weighted by molar-refractivity contribution is 5.81. The summed E-state index contributed by atoms with van der Waals surface area (Å²) in [7, 11) is 1.69. The molecule has 0 saturated heterocycles. The minimum Gasteiger partial charge on any atom is -0.496 e. The van der Waals surface area contributed by atoms with Gasteiger partial charge in [0.25, 0.3) is 0 Å². The fraction of sp³-hybridized carbons (Fsp3) is 0.407. The molecule has 5 aromatic carbocycles. The number of carbonyl (C=O) groups excluding carboxylic acids is 2. The molecular weight excluding hydrogens is 745 g/mol. The van der Waals surface area contributed by atoms with Gasteiger partial charge in [0.05, 0.1) is 12.5 Å². The Morgan fingerprint density at radius 1 is 0.500 bits per heavy atom.